The van der Waals surface area contributed by atoms with Crippen LogP contribution in [-0.4, -0.2) is 23.8 Å². The third kappa shape index (κ3) is 2.99. The van der Waals surface area contributed by atoms with Crippen LogP contribution in [0.5, 0.6) is 5.75 Å². The molecule has 1 aromatic heterocycles. The highest BCUT2D eigenvalue weighted by atomic mass is 35.5. The van der Waals surface area contributed by atoms with E-state index < -0.39 is 0 Å². The van der Waals surface area contributed by atoms with Gasteiger partial charge in [-0.2, -0.15) is 5.26 Å². The van der Waals surface area contributed by atoms with Gasteiger partial charge in [-0.05, 0) is 42.7 Å². The maximum atomic E-state index is 9.18. The van der Waals surface area contributed by atoms with Crippen LogP contribution in [0.2, 0.25) is 5.02 Å². The highest BCUT2D eigenvalue weighted by Gasteiger charge is 2.17. The number of aromatic nitrogens is 1. The fourth-order valence-electron chi connectivity index (χ4n) is 2.27. The quantitative estimate of drug-likeness (QED) is 0.942. The molecule has 4 nitrogen and oxygen atoms in total. The molecule has 21 heavy (non-hydrogen) atoms. The number of hydrogen-bond donors (Lipinski definition) is 1. The Morgan fingerprint density at radius 3 is 2.71 bits per heavy atom. The standard InChI is InChI=1S/C16H15ClN2O2/c1-10-14(17)7-11(5-6-20)16(21-2)15(10)12-3-4-13(8-18)19-9-12/h3-4,7,9,20H,5-6H2,1-2H3. The first-order chi connectivity index (χ1) is 10.1. The summed E-state index contributed by atoms with van der Waals surface area (Å²) in [5.74, 6) is 0.678. The van der Waals surface area contributed by atoms with Crippen molar-refractivity contribution in [3.05, 3.63) is 46.2 Å². The molecule has 5 heteroatoms. The molecule has 108 valence electrons. The Balaban J connectivity index is 2.67. The molecule has 0 bridgehead atoms. The molecule has 0 atom stereocenters. The minimum Gasteiger partial charge on any atom is -0.496 e. The molecule has 0 aliphatic heterocycles. The average Bonchev–Trinajstić information content (AvgIpc) is 2.51. The largest absolute Gasteiger partial charge is 0.496 e. The van der Waals surface area contributed by atoms with Crippen LogP contribution in [0.15, 0.2) is 24.4 Å². The SMILES string of the molecule is COc1c(CCO)cc(Cl)c(C)c1-c1ccc(C#N)nc1. The van der Waals surface area contributed by atoms with E-state index in [-0.39, 0.29) is 6.61 Å². The molecule has 1 aromatic carbocycles. The third-order valence-electron chi connectivity index (χ3n) is 3.30. The Hall–Kier alpha value is -2.09. The van der Waals surface area contributed by atoms with Crippen LogP contribution in [0.1, 0.15) is 16.8 Å². The maximum Gasteiger partial charge on any atom is 0.140 e. The lowest BCUT2D eigenvalue weighted by molar-refractivity contribution is 0.297. The third-order valence-corrected chi connectivity index (χ3v) is 3.70. The van der Waals surface area contributed by atoms with E-state index in [0.29, 0.717) is 22.9 Å². The van der Waals surface area contributed by atoms with E-state index in [4.69, 9.17) is 21.6 Å². The second-order valence-electron chi connectivity index (χ2n) is 4.57. The summed E-state index contributed by atoms with van der Waals surface area (Å²) in [5.41, 5.74) is 3.74. The van der Waals surface area contributed by atoms with E-state index in [1.165, 1.54) is 0 Å². The molecule has 0 amide bonds. The molecule has 0 fully saturated rings. The molecule has 0 saturated heterocycles. The first-order valence-corrected chi connectivity index (χ1v) is 6.83. The molecule has 0 aliphatic carbocycles. The highest BCUT2D eigenvalue weighted by Crippen LogP contribution is 2.39. The fourth-order valence-corrected chi connectivity index (χ4v) is 2.50. The Morgan fingerprint density at radius 1 is 1.43 bits per heavy atom. The van der Waals surface area contributed by atoms with E-state index >= 15 is 0 Å². The molecule has 0 aliphatic rings. The molecule has 0 spiro atoms. The zero-order chi connectivity index (χ0) is 15.4. The van der Waals surface area contributed by atoms with Crippen molar-refractivity contribution in [2.24, 2.45) is 0 Å². The zero-order valence-electron chi connectivity index (χ0n) is 11.9. The van der Waals surface area contributed by atoms with Gasteiger partial charge < -0.3 is 9.84 Å². The summed E-state index contributed by atoms with van der Waals surface area (Å²) in [6.07, 6.45) is 2.09. The van der Waals surface area contributed by atoms with Crippen LogP contribution in [0.3, 0.4) is 0 Å². The molecule has 2 aromatic rings. The number of rotatable bonds is 4. The van der Waals surface area contributed by atoms with Crippen molar-refractivity contribution < 1.29 is 9.84 Å². The Morgan fingerprint density at radius 2 is 2.19 bits per heavy atom. The lowest BCUT2D eigenvalue weighted by atomic mass is 9.96. The van der Waals surface area contributed by atoms with Gasteiger partial charge >= 0.3 is 0 Å². The van der Waals surface area contributed by atoms with Crippen molar-refractivity contribution in [1.29, 1.82) is 5.26 Å². The number of aliphatic hydroxyl groups excluding tert-OH is 1. The summed E-state index contributed by atoms with van der Waals surface area (Å²) in [4.78, 5) is 4.09. The van der Waals surface area contributed by atoms with E-state index in [9.17, 15) is 5.11 Å². The van der Waals surface area contributed by atoms with Gasteiger partial charge in [0.15, 0.2) is 0 Å². The van der Waals surface area contributed by atoms with Crippen molar-refractivity contribution in [3.63, 3.8) is 0 Å². The van der Waals surface area contributed by atoms with Crippen molar-refractivity contribution in [1.82, 2.24) is 4.98 Å². The second-order valence-corrected chi connectivity index (χ2v) is 4.98. The number of nitrogens with zero attached hydrogens (tertiary/aromatic N) is 2. The Labute approximate surface area is 128 Å². The van der Waals surface area contributed by atoms with Gasteiger partial charge in [-0.15, -0.1) is 0 Å². The summed E-state index contributed by atoms with van der Waals surface area (Å²) in [7, 11) is 1.59. The molecular weight excluding hydrogens is 288 g/mol. The van der Waals surface area contributed by atoms with E-state index in [2.05, 4.69) is 4.98 Å². The van der Waals surface area contributed by atoms with Gasteiger partial charge in [-0.3, -0.25) is 0 Å². The predicted octanol–water partition coefficient (Wildman–Crippen LogP) is 3.13. The number of benzene rings is 1. The number of methoxy groups -OCH3 is 1. The number of halogens is 1. The number of aliphatic hydroxyl groups is 1. The normalized spacial score (nSPS) is 10.2. The molecule has 0 saturated carbocycles. The summed E-state index contributed by atoms with van der Waals surface area (Å²) in [5, 5.41) is 18.6. The van der Waals surface area contributed by atoms with Crippen LogP contribution < -0.4 is 4.74 Å². The van der Waals surface area contributed by atoms with Crippen molar-refractivity contribution in [3.8, 4) is 22.9 Å². The molecule has 2 rings (SSSR count). The molecule has 0 radical (unpaired) electrons. The van der Waals surface area contributed by atoms with Gasteiger partial charge in [0.05, 0.1) is 7.11 Å². The number of pyridine rings is 1. The van der Waals surface area contributed by atoms with Gasteiger partial charge in [0, 0.05) is 29.0 Å². The Bertz CT molecular complexity index is 691. The van der Waals surface area contributed by atoms with Gasteiger partial charge in [0.2, 0.25) is 0 Å². The maximum absolute atomic E-state index is 9.18. The van der Waals surface area contributed by atoms with Gasteiger partial charge in [0.25, 0.3) is 0 Å². The van der Waals surface area contributed by atoms with E-state index in [1.54, 1.807) is 19.4 Å². The summed E-state index contributed by atoms with van der Waals surface area (Å²) < 4.78 is 5.51. The molecular formula is C16H15ClN2O2. The van der Waals surface area contributed by atoms with Crippen molar-refractivity contribution >= 4 is 11.6 Å². The number of ether oxygens (including phenoxy) is 1. The smallest absolute Gasteiger partial charge is 0.140 e. The minimum atomic E-state index is 0.0147. The lowest BCUT2D eigenvalue weighted by Gasteiger charge is -2.17. The Kier molecular flexibility index (Phi) is 4.79. The van der Waals surface area contributed by atoms with Crippen LogP contribution in [0, 0.1) is 18.3 Å². The summed E-state index contributed by atoms with van der Waals surface area (Å²) in [6.45, 7) is 1.92. The average molecular weight is 303 g/mol. The fraction of sp³-hybridized carbons (Fsp3) is 0.250. The zero-order valence-corrected chi connectivity index (χ0v) is 12.6. The van der Waals surface area contributed by atoms with Crippen molar-refractivity contribution in [2.45, 2.75) is 13.3 Å². The first-order valence-electron chi connectivity index (χ1n) is 6.45. The van der Waals surface area contributed by atoms with Gasteiger partial charge in [0.1, 0.15) is 17.5 Å². The molecule has 0 unspecified atom stereocenters. The van der Waals surface area contributed by atoms with Crippen LogP contribution in [-0.2, 0) is 6.42 Å². The van der Waals surface area contributed by atoms with Crippen LogP contribution >= 0.6 is 11.6 Å². The predicted molar refractivity (Wildman–Crippen MR) is 81.5 cm³/mol. The number of nitriles is 1. The van der Waals surface area contributed by atoms with Crippen LogP contribution in [0.25, 0.3) is 11.1 Å². The minimum absolute atomic E-state index is 0.0147. The number of hydrogen-bond acceptors (Lipinski definition) is 4. The van der Waals surface area contributed by atoms with E-state index in [0.717, 1.165) is 22.3 Å². The highest BCUT2D eigenvalue weighted by molar-refractivity contribution is 6.32. The van der Waals surface area contributed by atoms with E-state index in [1.807, 2.05) is 25.1 Å². The van der Waals surface area contributed by atoms with Gasteiger partial charge in [-0.1, -0.05) is 11.6 Å². The van der Waals surface area contributed by atoms with Crippen LogP contribution in [0.4, 0.5) is 0 Å². The second kappa shape index (κ2) is 6.57. The van der Waals surface area contributed by atoms with Crippen molar-refractivity contribution in [2.75, 3.05) is 13.7 Å². The topological polar surface area (TPSA) is 66.1 Å². The van der Waals surface area contributed by atoms with Gasteiger partial charge in [-0.25, -0.2) is 4.98 Å². The monoisotopic (exact) mass is 302 g/mol. The molecule has 1 heterocycles. The summed E-state index contributed by atoms with van der Waals surface area (Å²) >= 11 is 6.28. The first kappa shape index (κ1) is 15.3. The summed E-state index contributed by atoms with van der Waals surface area (Å²) in [6, 6.07) is 7.27. The lowest BCUT2D eigenvalue weighted by Crippen LogP contribution is -2.01. The molecule has 1 N–H and O–H groups in total.